The van der Waals surface area contributed by atoms with Gasteiger partial charge in [-0.2, -0.15) is 14.0 Å². The van der Waals surface area contributed by atoms with Crippen LogP contribution in [0, 0.1) is 29.0 Å². The normalized spacial score (nSPS) is 15.5. The van der Waals surface area contributed by atoms with Gasteiger partial charge in [-0.3, -0.25) is 4.98 Å². The van der Waals surface area contributed by atoms with Gasteiger partial charge in [0.15, 0.2) is 11.4 Å². The van der Waals surface area contributed by atoms with E-state index in [-0.39, 0.29) is 17.0 Å². The molecular formula is C31H19F3N6O2. The Hall–Kier alpha value is -5.52. The highest BCUT2D eigenvalue weighted by Crippen LogP contribution is 2.50. The van der Waals surface area contributed by atoms with Crippen LogP contribution < -0.4 is 4.74 Å². The van der Waals surface area contributed by atoms with Crippen LogP contribution in [0.1, 0.15) is 33.5 Å². The van der Waals surface area contributed by atoms with Crippen LogP contribution in [-0.2, 0) is 24.7 Å². The minimum absolute atomic E-state index is 0.0273. The predicted octanol–water partition coefficient (Wildman–Crippen LogP) is 4.72. The maximum absolute atomic E-state index is 15.9. The molecule has 206 valence electrons. The molecule has 6 rings (SSSR count). The van der Waals surface area contributed by atoms with Gasteiger partial charge in [-0.05, 0) is 76.7 Å². The van der Waals surface area contributed by atoms with Gasteiger partial charge in [-0.25, -0.2) is 9.07 Å². The molecule has 2 aromatic heterocycles. The Morgan fingerprint density at radius 3 is 2.52 bits per heavy atom. The molecule has 0 radical (unpaired) electrons. The number of halogens is 3. The Morgan fingerprint density at radius 2 is 1.76 bits per heavy atom. The van der Waals surface area contributed by atoms with E-state index < -0.39 is 29.6 Å². The lowest BCUT2D eigenvalue weighted by atomic mass is 9.80. The van der Waals surface area contributed by atoms with E-state index in [9.17, 15) is 9.50 Å². The van der Waals surface area contributed by atoms with Crippen molar-refractivity contribution in [2.24, 2.45) is 0 Å². The molecule has 0 bridgehead atoms. The highest BCUT2D eigenvalue weighted by Gasteiger charge is 2.59. The monoisotopic (exact) mass is 564 g/mol. The molecule has 11 heteroatoms. The van der Waals surface area contributed by atoms with E-state index in [0.717, 1.165) is 34.5 Å². The standard InChI is InChI=1S/C31H19F3N6O2/c32-24-9-12-27-26(15-24)29-37-38-39-40(29)19-30(27,41)31(33,34)28-13-8-21(17-36-28)5-4-20-6-10-25(11-7-20)42-18-23-3-1-2-22(14-23)16-35/h1-3,6-15,17,41H,18-19H2. The molecule has 3 aromatic carbocycles. The summed E-state index contributed by atoms with van der Waals surface area (Å²) in [5, 5.41) is 31.3. The number of aliphatic hydroxyl groups is 1. The van der Waals surface area contributed by atoms with E-state index in [1.165, 1.54) is 12.3 Å². The second kappa shape index (κ2) is 10.5. The predicted molar refractivity (Wildman–Crippen MR) is 143 cm³/mol. The Morgan fingerprint density at radius 1 is 0.976 bits per heavy atom. The highest BCUT2D eigenvalue weighted by molar-refractivity contribution is 5.64. The Kier molecular flexibility index (Phi) is 6.65. The molecule has 1 aliphatic heterocycles. The summed E-state index contributed by atoms with van der Waals surface area (Å²) < 4.78 is 52.5. The molecule has 1 aliphatic rings. The molecule has 0 saturated heterocycles. The third-order valence-electron chi connectivity index (χ3n) is 6.85. The number of fused-ring (bicyclic) bond motifs is 3. The van der Waals surface area contributed by atoms with E-state index in [4.69, 9.17) is 10.00 Å². The zero-order valence-electron chi connectivity index (χ0n) is 21.7. The van der Waals surface area contributed by atoms with E-state index in [2.05, 4.69) is 38.4 Å². The van der Waals surface area contributed by atoms with Crippen molar-refractivity contribution in [1.29, 1.82) is 5.26 Å². The van der Waals surface area contributed by atoms with Crippen LogP contribution in [-0.4, -0.2) is 30.3 Å². The zero-order chi connectivity index (χ0) is 29.3. The molecule has 42 heavy (non-hydrogen) atoms. The van der Waals surface area contributed by atoms with Crippen LogP contribution >= 0.6 is 0 Å². The third-order valence-corrected chi connectivity index (χ3v) is 6.85. The number of tetrazole rings is 1. The first-order valence-electron chi connectivity index (χ1n) is 12.6. The number of ether oxygens (including phenoxy) is 1. The maximum atomic E-state index is 15.9. The number of hydrogen-bond acceptors (Lipinski definition) is 7. The van der Waals surface area contributed by atoms with Gasteiger partial charge in [-0.15, -0.1) is 5.10 Å². The smallest absolute Gasteiger partial charge is 0.323 e. The molecule has 5 aromatic rings. The third kappa shape index (κ3) is 4.83. The molecule has 1 unspecified atom stereocenters. The van der Waals surface area contributed by atoms with Crippen molar-refractivity contribution >= 4 is 0 Å². The van der Waals surface area contributed by atoms with Crippen LogP contribution in [0.4, 0.5) is 13.2 Å². The van der Waals surface area contributed by atoms with Gasteiger partial charge in [0, 0.05) is 28.5 Å². The number of pyridine rings is 1. The van der Waals surface area contributed by atoms with Crippen molar-refractivity contribution in [3.63, 3.8) is 0 Å². The largest absolute Gasteiger partial charge is 0.489 e. The quantitative estimate of drug-likeness (QED) is 0.308. The summed E-state index contributed by atoms with van der Waals surface area (Å²) in [7, 11) is 0. The van der Waals surface area contributed by atoms with E-state index >= 15 is 8.78 Å². The molecule has 0 amide bonds. The van der Waals surface area contributed by atoms with Crippen LogP contribution in [0.2, 0.25) is 0 Å². The van der Waals surface area contributed by atoms with Crippen molar-refractivity contribution in [2.45, 2.75) is 24.7 Å². The first kappa shape index (κ1) is 26.7. The lowest BCUT2D eigenvalue weighted by Crippen LogP contribution is -2.49. The molecule has 0 saturated carbocycles. The van der Waals surface area contributed by atoms with Crippen molar-refractivity contribution in [2.75, 3.05) is 0 Å². The number of nitrogens with zero attached hydrogens (tertiary/aromatic N) is 6. The van der Waals surface area contributed by atoms with Gasteiger partial charge >= 0.3 is 5.92 Å². The fourth-order valence-corrected chi connectivity index (χ4v) is 4.68. The lowest BCUT2D eigenvalue weighted by molar-refractivity contribution is -0.207. The molecule has 1 atom stereocenters. The van der Waals surface area contributed by atoms with Gasteiger partial charge in [0.2, 0.25) is 0 Å². The minimum atomic E-state index is -3.89. The topological polar surface area (TPSA) is 110 Å². The van der Waals surface area contributed by atoms with Crippen LogP contribution in [0.15, 0.2) is 85.1 Å². The van der Waals surface area contributed by atoms with Gasteiger partial charge in [0.05, 0.1) is 18.2 Å². The van der Waals surface area contributed by atoms with E-state index in [1.807, 2.05) is 6.07 Å². The number of aromatic nitrogens is 5. The Balaban J connectivity index is 1.18. The molecule has 3 heterocycles. The van der Waals surface area contributed by atoms with Crippen molar-refractivity contribution in [3.05, 3.63) is 124 Å². The van der Waals surface area contributed by atoms with Crippen LogP contribution in [0.25, 0.3) is 11.4 Å². The highest BCUT2D eigenvalue weighted by atomic mass is 19.3. The molecule has 0 aliphatic carbocycles. The summed E-state index contributed by atoms with van der Waals surface area (Å²) >= 11 is 0. The number of benzene rings is 3. The van der Waals surface area contributed by atoms with E-state index in [1.54, 1.807) is 42.5 Å². The lowest BCUT2D eigenvalue weighted by Gasteiger charge is -2.39. The van der Waals surface area contributed by atoms with Gasteiger partial charge in [0.25, 0.3) is 0 Å². The fourth-order valence-electron chi connectivity index (χ4n) is 4.68. The number of hydrogen-bond donors (Lipinski definition) is 1. The van der Waals surface area contributed by atoms with Crippen molar-refractivity contribution < 1.29 is 23.0 Å². The average molecular weight is 565 g/mol. The molecule has 0 spiro atoms. The second-order valence-corrected chi connectivity index (χ2v) is 9.59. The summed E-state index contributed by atoms with van der Waals surface area (Å²) in [6.45, 7) is -0.353. The summed E-state index contributed by atoms with van der Waals surface area (Å²) in [4.78, 5) is 3.91. The Labute approximate surface area is 237 Å². The summed E-state index contributed by atoms with van der Waals surface area (Å²) in [5.41, 5.74) is -1.24. The van der Waals surface area contributed by atoms with Crippen molar-refractivity contribution in [3.8, 4) is 35.0 Å². The molecule has 1 N–H and O–H groups in total. The SMILES string of the molecule is N#Cc1cccc(COc2ccc(C#Cc3ccc(C(F)(F)C4(O)Cn5nnnc5-c5cc(F)ccc54)nc3)cc2)c1. The van der Waals surface area contributed by atoms with Crippen molar-refractivity contribution in [1.82, 2.24) is 25.2 Å². The van der Waals surface area contributed by atoms with Gasteiger partial charge < -0.3 is 9.84 Å². The number of alkyl halides is 2. The van der Waals surface area contributed by atoms with Gasteiger partial charge in [-0.1, -0.05) is 30.0 Å². The molecule has 0 fully saturated rings. The molecule has 8 nitrogen and oxygen atoms in total. The maximum Gasteiger partial charge on any atom is 0.323 e. The zero-order valence-corrected chi connectivity index (χ0v) is 21.7. The summed E-state index contributed by atoms with van der Waals surface area (Å²) in [5.74, 6) is 1.97. The second-order valence-electron chi connectivity index (χ2n) is 9.59. The Bertz CT molecular complexity index is 1890. The number of nitriles is 1. The first-order valence-corrected chi connectivity index (χ1v) is 12.6. The minimum Gasteiger partial charge on any atom is -0.489 e. The number of rotatable bonds is 5. The molecular weight excluding hydrogens is 545 g/mol. The fraction of sp³-hybridized carbons (Fsp3) is 0.129. The van der Waals surface area contributed by atoms with Crippen LogP contribution in [0.3, 0.4) is 0 Å². The summed E-state index contributed by atoms with van der Waals surface area (Å²) in [6, 6.07) is 21.9. The van der Waals surface area contributed by atoms with Crippen LogP contribution in [0.5, 0.6) is 5.75 Å². The summed E-state index contributed by atoms with van der Waals surface area (Å²) in [6.07, 6.45) is 1.20. The van der Waals surface area contributed by atoms with Gasteiger partial charge in [0.1, 0.15) is 23.9 Å². The average Bonchev–Trinajstić information content (AvgIpc) is 3.48. The first-order chi connectivity index (χ1) is 20.3. The van der Waals surface area contributed by atoms with E-state index in [0.29, 0.717) is 29.0 Å².